The van der Waals surface area contributed by atoms with Gasteiger partial charge in [0.2, 0.25) is 0 Å². The fourth-order valence-corrected chi connectivity index (χ4v) is 2.46. The molecule has 3 N–H and O–H groups in total. The third-order valence-electron chi connectivity index (χ3n) is 2.64. The molecule has 0 radical (unpaired) electrons. The minimum absolute atomic E-state index is 0.0188. The van der Waals surface area contributed by atoms with E-state index in [1.807, 2.05) is 6.92 Å². The van der Waals surface area contributed by atoms with Gasteiger partial charge in [-0.05, 0) is 18.4 Å². The van der Waals surface area contributed by atoms with Gasteiger partial charge < -0.3 is 15.8 Å². The molecule has 1 unspecified atom stereocenters. The molecule has 102 valence electrons. The molecule has 1 atom stereocenters. The summed E-state index contributed by atoms with van der Waals surface area (Å²) in [5.41, 5.74) is 5.87. The maximum absolute atomic E-state index is 5.85. The summed E-state index contributed by atoms with van der Waals surface area (Å²) in [6, 6.07) is 4.37. The van der Waals surface area contributed by atoms with Crippen molar-refractivity contribution >= 4 is 17.3 Å². The zero-order chi connectivity index (χ0) is 13.6. The van der Waals surface area contributed by atoms with Crippen LogP contribution in [0.25, 0.3) is 0 Å². The SMILES string of the molecule is COCC(C)NC(N)=NCC(C)(C)c1cccs1. The van der Waals surface area contributed by atoms with Gasteiger partial charge in [0.05, 0.1) is 13.2 Å². The third kappa shape index (κ3) is 4.66. The third-order valence-corrected chi connectivity index (χ3v) is 3.88. The lowest BCUT2D eigenvalue weighted by Crippen LogP contribution is -2.41. The molecule has 0 saturated carbocycles. The second-order valence-electron chi connectivity index (χ2n) is 5.06. The number of methoxy groups -OCH3 is 1. The highest BCUT2D eigenvalue weighted by molar-refractivity contribution is 7.10. The molecule has 1 aromatic heterocycles. The molecule has 0 aromatic carbocycles. The van der Waals surface area contributed by atoms with Gasteiger partial charge in [0, 0.05) is 23.4 Å². The number of guanidine groups is 1. The zero-order valence-corrected chi connectivity index (χ0v) is 12.4. The molecule has 1 rings (SSSR count). The van der Waals surface area contributed by atoms with Crippen molar-refractivity contribution in [3.63, 3.8) is 0 Å². The van der Waals surface area contributed by atoms with Gasteiger partial charge in [-0.25, -0.2) is 0 Å². The molecule has 0 bridgehead atoms. The summed E-state index contributed by atoms with van der Waals surface area (Å²) in [5, 5.41) is 5.19. The number of rotatable bonds is 6. The molecule has 0 aliphatic heterocycles. The Morgan fingerprint density at radius 3 is 2.89 bits per heavy atom. The maximum Gasteiger partial charge on any atom is 0.188 e. The first-order chi connectivity index (χ1) is 8.45. The van der Waals surface area contributed by atoms with Gasteiger partial charge in [-0.15, -0.1) is 11.3 Å². The summed E-state index contributed by atoms with van der Waals surface area (Å²) in [7, 11) is 1.67. The van der Waals surface area contributed by atoms with Crippen LogP contribution in [-0.2, 0) is 10.2 Å². The molecular weight excluding hydrogens is 246 g/mol. The standard InChI is InChI=1S/C13H23N3OS/c1-10(8-17-4)16-12(14)15-9-13(2,3)11-6-5-7-18-11/h5-7,10H,8-9H2,1-4H3,(H3,14,15,16). The van der Waals surface area contributed by atoms with Crippen LogP contribution in [0.1, 0.15) is 25.6 Å². The summed E-state index contributed by atoms with van der Waals surface area (Å²) >= 11 is 1.75. The number of thiophene rings is 1. The molecule has 4 nitrogen and oxygen atoms in total. The Bertz CT molecular complexity index is 374. The van der Waals surface area contributed by atoms with E-state index >= 15 is 0 Å². The van der Waals surface area contributed by atoms with Crippen LogP contribution in [0, 0.1) is 0 Å². The second-order valence-corrected chi connectivity index (χ2v) is 6.01. The monoisotopic (exact) mass is 269 g/mol. The summed E-state index contributed by atoms with van der Waals surface area (Å²) in [6.45, 7) is 7.65. The molecular formula is C13H23N3OS. The van der Waals surface area contributed by atoms with Gasteiger partial charge in [-0.2, -0.15) is 0 Å². The van der Waals surface area contributed by atoms with Crippen LogP contribution in [0.5, 0.6) is 0 Å². The number of hydrogen-bond donors (Lipinski definition) is 2. The van der Waals surface area contributed by atoms with Gasteiger partial charge in [0.1, 0.15) is 0 Å². The molecule has 1 aromatic rings. The predicted octanol–water partition coefficient (Wildman–Crippen LogP) is 1.96. The number of nitrogens with one attached hydrogen (secondary N) is 1. The van der Waals surface area contributed by atoms with Crippen molar-refractivity contribution in [1.82, 2.24) is 5.32 Å². The number of nitrogens with two attached hydrogens (primary N) is 1. The Hall–Kier alpha value is -1.07. The fourth-order valence-electron chi connectivity index (χ4n) is 1.61. The molecule has 0 fully saturated rings. The average molecular weight is 269 g/mol. The largest absolute Gasteiger partial charge is 0.383 e. The van der Waals surface area contributed by atoms with Crippen molar-refractivity contribution in [2.75, 3.05) is 20.3 Å². The minimum Gasteiger partial charge on any atom is -0.383 e. The van der Waals surface area contributed by atoms with Gasteiger partial charge in [-0.3, -0.25) is 4.99 Å². The Balaban J connectivity index is 2.52. The molecule has 0 aliphatic rings. The lowest BCUT2D eigenvalue weighted by Gasteiger charge is -2.21. The van der Waals surface area contributed by atoms with Crippen LogP contribution < -0.4 is 11.1 Å². The number of hydrogen-bond acceptors (Lipinski definition) is 3. The van der Waals surface area contributed by atoms with Gasteiger partial charge in [0.25, 0.3) is 0 Å². The van der Waals surface area contributed by atoms with Crippen molar-refractivity contribution < 1.29 is 4.74 Å². The van der Waals surface area contributed by atoms with Crippen LogP contribution in [0.15, 0.2) is 22.5 Å². The minimum atomic E-state index is 0.0188. The fraction of sp³-hybridized carbons (Fsp3) is 0.615. The molecule has 18 heavy (non-hydrogen) atoms. The lowest BCUT2D eigenvalue weighted by atomic mass is 9.92. The zero-order valence-electron chi connectivity index (χ0n) is 11.6. The van der Waals surface area contributed by atoms with E-state index in [4.69, 9.17) is 10.5 Å². The van der Waals surface area contributed by atoms with Crippen molar-refractivity contribution in [3.8, 4) is 0 Å². The highest BCUT2D eigenvalue weighted by Gasteiger charge is 2.21. The van der Waals surface area contributed by atoms with Crippen LogP contribution in [-0.4, -0.2) is 32.3 Å². The molecule has 1 heterocycles. The summed E-state index contributed by atoms with van der Waals surface area (Å²) < 4.78 is 5.04. The van der Waals surface area contributed by atoms with E-state index in [1.165, 1.54) is 4.88 Å². The number of ether oxygens (including phenoxy) is 1. The van der Waals surface area contributed by atoms with E-state index in [0.717, 1.165) is 0 Å². The normalized spacial score (nSPS) is 14.6. The summed E-state index contributed by atoms with van der Waals surface area (Å²) in [6.07, 6.45) is 0. The van der Waals surface area contributed by atoms with Crippen LogP contribution >= 0.6 is 11.3 Å². The van der Waals surface area contributed by atoms with E-state index < -0.39 is 0 Å². The van der Waals surface area contributed by atoms with E-state index in [0.29, 0.717) is 19.1 Å². The molecule has 0 spiro atoms. The second kappa shape index (κ2) is 6.75. The summed E-state index contributed by atoms with van der Waals surface area (Å²) in [5.74, 6) is 0.476. The van der Waals surface area contributed by atoms with Gasteiger partial charge in [-0.1, -0.05) is 19.9 Å². The van der Waals surface area contributed by atoms with Crippen molar-refractivity contribution in [2.24, 2.45) is 10.7 Å². The topological polar surface area (TPSA) is 59.6 Å². The predicted molar refractivity (Wildman–Crippen MR) is 78.3 cm³/mol. The van der Waals surface area contributed by atoms with Crippen molar-refractivity contribution in [1.29, 1.82) is 0 Å². The van der Waals surface area contributed by atoms with Crippen LogP contribution in [0.4, 0.5) is 0 Å². The van der Waals surface area contributed by atoms with E-state index in [-0.39, 0.29) is 11.5 Å². The highest BCUT2D eigenvalue weighted by Crippen LogP contribution is 2.27. The average Bonchev–Trinajstić information content (AvgIpc) is 2.81. The maximum atomic E-state index is 5.85. The van der Waals surface area contributed by atoms with Crippen LogP contribution in [0.2, 0.25) is 0 Å². The quantitative estimate of drug-likeness (QED) is 0.613. The first-order valence-electron chi connectivity index (χ1n) is 6.05. The van der Waals surface area contributed by atoms with E-state index in [2.05, 4.69) is 41.7 Å². The Labute approximate surface area is 113 Å². The Morgan fingerprint density at radius 2 is 2.33 bits per heavy atom. The first-order valence-corrected chi connectivity index (χ1v) is 6.93. The Morgan fingerprint density at radius 1 is 1.61 bits per heavy atom. The van der Waals surface area contributed by atoms with Crippen molar-refractivity contribution in [3.05, 3.63) is 22.4 Å². The highest BCUT2D eigenvalue weighted by atomic mass is 32.1. The van der Waals surface area contributed by atoms with E-state index in [1.54, 1.807) is 18.4 Å². The number of nitrogens with zero attached hydrogens (tertiary/aromatic N) is 1. The smallest absolute Gasteiger partial charge is 0.188 e. The Kier molecular flexibility index (Phi) is 5.62. The van der Waals surface area contributed by atoms with E-state index in [9.17, 15) is 0 Å². The van der Waals surface area contributed by atoms with Gasteiger partial charge >= 0.3 is 0 Å². The van der Waals surface area contributed by atoms with Crippen molar-refractivity contribution in [2.45, 2.75) is 32.2 Å². The molecule has 0 aliphatic carbocycles. The number of aliphatic imine (C=N–C) groups is 1. The van der Waals surface area contributed by atoms with Crippen LogP contribution in [0.3, 0.4) is 0 Å². The van der Waals surface area contributed by atoms with Gasteiger partial charge in [0.15, 0.2) is 5.96 Å². The molecule has 5 heteroatoms. The summed E-state index contributed by atoms with van der Waals surface area (Å²) in [4.78, 5) is 5.73. The lowest BCUT2D eigenvalue weighted by molar-refractivity contribution is 0.179. The first kappa shape index (κ1) is 15.0. The molecule has 0 saturated heterocycles. The molecule has 0 amide bonds.